The summed E-state index contributed by atoms with van der Waals surface area (Å²) >= 11 is 0. The van der Waals surface area contributed by atoms with E-state index in [0.717, 1.165) is 11.0 Å². The van der Waals surface area contributed by atoms with Crippen molar-refractivity contribution >= 4 is 20.9 Å². The van der Waals surface area contributed by atoms with Crippen LogP contribution in [0.4, 0.5) is 0 Å². The van der Waals surface area contributed by atoms with Gasteiger partial charge in [0.25, 0.3) is 0 Å². The van der Waals surface area contributed by atoms with Crippen LogP contribution in [0, 0.1) is 0 Å². The number of H-pyrrole nitrogens is 1. The van der Waals surface area contributed by atoms with E-state index in [9.17, 15) is 13.2 Å². The van der Waals surface area contributed by atoms with Gasteiger partial charge in [0.15, 0.2) is 9.84 Å². The molecule has 0 saturated carbocycles. The summed E-state index contributed by atoms with van der Waals surface area (Å²) < 4.78 is 24.5. The van der Waals surface area contributed by atoms with E-state index in [-0.39, 0.29) is 23.2 Å². The highest BCUT2D eigenvalue weighted by molar-refractivity contribution is 7.91. The number of fused-ring (bicyclic) bond motifs is 1. The van der Waals surface area contributed by atoms with Gasteiger partial charge in [-0.3, -0.25) is 4.57 Å². The molecule has 0 aliphatic carbocycles. The molecule has 0 amide bonds. The van der Waals surface area contributed by atoms with Crippen LogP contribution >= 0.6 is 0 Å². The summed E-state index contributed by atoms with van der Waals surface area (Å²) in [6.07, 6.45) is 0.518. The zero-order valence-electron chi connectivity index (χ0n) is 9.09. The Kier molecular flexibility index (Phi) is 2.16. The summed E-state index contributed by atoms with van der Waals surface area (Å²) in [5.74, 6) is 0.234. The van der Waals surface area contributed by atoms with Gasteiger partial charge in [-0.2, -0.15) is 0 Å². The van der Waals surface area contributed by atoms with Gasteiger partial charge in [0, 0.05) is 0 Å². The van der Waals surface area contributed by atoms with Gasteiger partial charge in [-0.25, -0.2) is 13.2 Å². The zero-order valence-corrected chi connectivity index (χ0v) is 9.90. The van der Waals surface area contributed by atoms with E-state index in [1.54, 1.807) is 4.57 Å². The first-order valence-electron chi connectivity index (χ1n) is 5.46. The third-order valence-electron chi connectivity index (χ3n) is 3.20. The number of para-hydroxylation sites is 2. The lowest BCUT2D eigenvalue weighted by atomic mass is 10.2. The largest absolute Gasteiger partial charge is 0.326 e. The molecule has 5 nitrogen and oxygen atoms in total. The molecule has 1 aromatic carbocycles. The zero-order chi connectivity index (χ0) is 12.0. The molecular formula is C11H12N2O3S. The van der Waals surface area contributed by atoms with E-state index >= 15 is 0 Å². The van der Waals surface area contributed by atoms with Gasteiger partial charge >= 0.3 is 5.69 Å². The van der Waals surface area contributed by atoms with Crippen LogP contribution in [-0.2, 0) is 9.84 Å². The van der Waals surface area contributed by atoms with Crippen LogP contribution in [-0.4, -0.2) is 29.5 Å². The second-order valence-corrected chi connectivity index (χ2v) is 6.60. The van der Waals surface area contributed by atoms with Crippen LogP contribution in [0.25, 0.3) is 11.0 Å². The van der Waals surface area contributed by atoms with Crippen LogP contribution in [0.15, 0.2) is 29.1 Å². The molecule has 17 heavy (non-hydrogen) atoms. The smallest absolute Gasteiger partial charge is 0.306 e. The summed E-state index contributed by atoms with van der Waals surface area (Å²) in [6.45, 7) is 0. The van der Waals surface area contributed by atoms with Crippen LogP contribution in [0.5, 0.6) is 0 Å². The third kappa shape index (κ3) is 1.68. The average Bonchev–Trinajstić information content (AvgIpc) is 2.77. The maximum atomic E-state index is 11.8. The van der Waals surface area contributed by atoms with Gasteiger partial charge in [0.2, 0.25) is 0 Å². The van der Waals surface area contributed by atoms with Crippen LogP contribution in [0.2, 0.25) is 0 Å². The van der Waals surface area contributed by atoms with Gasteiger partial charge in [0.1, 0.15) is 0 Å². The number of sulfone groups is 1. The average molecular weight is 252 g/mol. The fourth-order valence-electron chi connectivity index (χ4n) is 2.42. The molecular weight excluding hydrogens is 240 g/mol. The molecule has 1 saturated heterocycles. The van der Waals surface area contributed by atoms with Gasteiger partial charge in [0.05, 0.1) is 28.6 Å². The highest BCUT2D eigenvalue weighted by atomic mass is 32.2. The summed E-state index contributed by atoms with van der Waals surface area (Å²) in [5.41, 5.74) is 1.30. The van der Waals surface area contributed by atoms with Crippen molar-refractivity contribution in [2.75, 3.05) is 11.5 Å². The van der Waals surface area contributed by atoms with Gasteiger partial charge < -0.3 is 4.98 Å². The SMILES string of the molecule is O=c1[nH]c2ccccc2n1[C@@H]1CCS(=O)(=O)C1. The Morgan fingerprint density at radius 1 is 1.29 bits per heavy atom. The van der Waals surface area contributed by atoms with E-state index in [0.29, 0.717) is 6.42 Å². The van der Waals surface area contributed by atoms with Crippen molar-refractivity contribution in [3.05, 3.63) is 34.7 Å². The second-order valence-electron chi connectivity index (χ2n) is 4.37. The van der Waals surface area contributed by atoms with E-state index in [1.807, 2.05) is 24.3 Å². The van der Waals surface area contributed by atoms with E-state index in [2.05, 4.69) is 4.98 Å². The standard InChI is InChI=1S/C11H12N2O3S/c14-11-12-9-3-1-2-4-10(9)13(11)8-5-6-17(15,16)7-8/h1-4,8H,5-7H2,(H,12,14)/t8-/m1/s1. The monoisotopic (exact) mass is 252 g/mol. The van der Waals surface area contributed by atoms with E-state index in [1.165, 1.54) is 0 Å². The summed E-state index contributed by atoms with van der Waals surface area (Å²) in [5, 5.41) is 0. The molecule has 1 atom stereocenters. The van der Waals surface area contributed by atoms with Crippen molar-refractivity contribution in [3.63, 3.8) is 0 Å². The predicted octanol–water partition coefficient (Wildman–Crippen LogP) is 0.689. The molecule has 90 valence electrons. The number of nitrogens with zero attached hydrogens (tertiary/aromatic N) is 1. The number of aromatic amines is 1. The fourth-order valence-corrected chi connectivity index (χ4v) is 4.12. The highest BCUT2D eigenvalue weighted by Crippen LogP contribution is 2.25. The first kappa shape index (κ1) is 10.6. The van der Waals surface area contributed by atoms with Crippen molar-refractivity contribution in [1.29, 1.82) is 0 Å². The van der Waals surface area contributed by atoms with Crippen LogP contribution in [0.1, 0.15) is 12.5 Å². The lowest BCUT2D eigenvalue weighted by molar-refractivity contribution is 0.554. The Balaban J connectivity index is 2.18. The van der Waals surface area contributed by atoms with Crippen molar-refractivity contribution in [2.24, 2.45) is 0 Å². The molecule has 1 aliphatic heterocycles. The Morgan fingerprint density at radius 3 is 2.76 bits per heavy atom. The normalized spacial score (nSPS) is 23.2. The third-order valence-corrected chi connectivity index (χ3v) is 4.95. The molecule has 0 bridgehead atoms. The number of hydrogen-bond acceptors (Lipinski definition) is 3. The minimum Gasteiger partial charge on any atom is -0.306 e. The highest BCUT2D eigenvalue weighted by Gasteiger charge is 2.30. The Morgan fingerprint density at radius 2 is 2.06 bits per heavy atom. The number of benzene rings is 1. The van der Waals surface area contributed by atoms with Crippen molar-refractivity contribution in [3.8, 4) is 0 Å². The summed E-state index contributed by atoms with van der Waals surface area (Å²) in [4.78, 5) is 14.6. The minimum absolute atomic E-state index is 0.0642. The lowest BCUT2D eigenvalue weighted by Gasteiger charge is -2.09. The van der Waals surface area contributed by atoms with Gasteiger partial charge in [-0.05, 0) is 18.6 Å². The second kappa shape index (κ2) is 3.46. The van der Waals surface area contributed by atoms with Crippen LogP contribution in [0.3, 0.4) is 0 Å². The molecule has 2 aromatic rings. The topological polar surface area (TPSA) is 71.9 Å². The maximum Gasteiger partial charge on any atom is 0.326 e. The number of nitrogens with one attached hydrogen (secondary N) is 1. The molecule has 1 N–H and O–H groups in total. The Bertz CT molecular complexity index is 726. The molecule has 1 aromatic heterocycles. The van der Waals surface area contributed by atoms with Gasteiger partial charge in [-0.15, -0.1) is 0 Å². The summed E-state index contributed by atoms with van der Waals surface area (Å²) in [6, 6.07) is 7.10. The predicted molar refractivity (Wildman–Crippen MR) is 64.9 cm³/mol. The lowest BCUT2D eigenvalue weighted by Crippen LogP contribution is -2.23. The number of rotatable bonds is 1. The van der Waals surface area contributed by atoms with Crippen molar-refractivity contribution in [1.82, 2.24) is 9.55 Å². The molecule has 0 spiro atoms. The molecule has 0 radical (unpaired) electrons. The van der Waals surface area contributed by atoms with Crippen molar-refractivity contribution in [2.45, 2.75) is 12.5 Å². The fraction of sp³-hybridized carbons (Fsp3) is 0.364. The van der Waals surface area contributed by atoms with Gasteiger partial charge in [-0.1, -0.05) is 12.1 Å². The molecule has 2 heterocycles. The number of aromatic nitrogens is 2. The first-order chi connectivity index (χ1) is 8.07. The summed E-state index contributed by atoms with van der Waals surface area (Å²) in [7, 11) is -2.98. The molecule has 1 aliphatic rings. The molecule has 1 fully saturated rings. The number of imidazole rings is 1. The van der Waals surface area contributed by atoms with Crippen molar-refractivity contribution < 1.29 is 8.42 Å². The number of hydrogen-bond donors (Lipinski definition) is 1. The Labute approximate surface area is 98.0 Å². The van der Waals surface area contributed by atoms with Crippen LogP contribution < -0.4 is 5.69 Å². The molecule has 0 unspecified atom stereocenters. The Hall–Kier alpha value is -1.56. The molecule has 3 rings (SSSR count). The first-order valence-corrected chi connectivity index (χ1v) is 7.29. The van der Waals surface area contributed by atoms with E-state index < -0.39 is 9.84 Å². The quantitative estimate of drug-likeness (QED) is 0.811. The minimum atomic E-state index is -2.98. The molecule has 6 heteroatoms. The maximum absolute atomic E-state index is 11.8. The van der Waals surface area contributed by atoms with E-state index in [4.69, 9.17) is 0 Å².